The number of rotatable bonds is 7. The van der Waals surface area contributed by atoms with Crippen molar-refractivity contribution in [1.82, 2.24) is 9.55 Å². The maximum atomic E-state index is 11.8. The Morgan fingerprint density at radius 1 is 1.42 bits per heavy atom. The average molecular weight is 270 g/mol. The minimum atomic E-state index is -0.496. The number of nitrogens with zero attached hydrogens (tertiary/aromatic N) is 1. The molecule has 7 heteroatoms. The highest BCUT2D eigenvalue weighted by Crippen LogP contribution is 2.13. The predicted octanol–water partition coefficient (Wildman–Crippen LogP) is 0.366. The molecule has 4 N–H and O–H groups in total. The van der Waals surface area contributed by atoms with Crippen LogP contribution in [-0.2, 0) is 11.3 Å². The van der Waals surface area contributed by atoms with E-state index in [2.05, 4.69) is 10.3 Å². The van der Waals surface area contributed by atoms with Gasteiger partial charge in [0.15, 0.2) is 0 Å². The number of nitrogens with two attached hydrogens (primary N) is 1. The van der Waals surface area contributed by atoms with E-state index in [-0.39, 0.29) is 17.5 Å². The summed E-state index contributed by atoms with van der Waals surface area (Å²) in [6.07, 6.45) is 1.80. The number of methoxy groups -OCH3 is 1. The molecule has 1 heterocycles. The monoisotopic (exact) mass is 270 g/mol. The van der Waals surface area contributed by atoms with Gasteiger partial charge in [0.05, 0.1) is 6.61 Å². The molecule has 1 atom stereocenters. The number of ether oxygens (including phenoxy) is 1. The topological polar surface area (TPSA) is 102 Å². The third-order valence-corrected chi connectivity index (χ3v) is 2.91. The van der Waals surface area contributed by atoms with Crippen LogP contribution in [0.5, 0.6) is 0 Å². The Morgan fingerprint density at radius 2 is 2.11 bits per heavy atom. The molecule has 0 saturated heterocycles. The van der Waals surface area contributed by atoms with Gasteiger partial charge in [-0.05, 0) is 13.3 Å². The summed E-state index contributed by atoms with van der Waals surface area (Å²) in [4.78, 5) is 25.6. The maximum Gasteiger partial charge on any atom is 0.330 e. The van der Waals surface area contributed by atoms with Crippen LogP contribution in [0.3, 0.4) is 0 Å². The minimum absolute atomic E-state index is 0.0128. The van der Waals surface area contributed by atoms with Crippen molar-refractivity contribution in [2.24, 2.45) is 0 Å². The van der Waals surface area contributed by atoms with Crippen molar-refractivity contribution in [3.8, 4) is 0 Å². The van der Waals surface area contributed by atoms with Crippen molar-refractivity contribution in [2.45, 2.75) is 39.3 Å². The SMILES string of the molecule is CCCC(COC)Nc1c(N)n(CC)c(=O)[nH]c1=O. The molecule has 1 aromatic heterocycles. The molecule has 1 unspecified atom stereocenters. The molecule has 19 heavy (non-hydrogen) atoms. The summed E-state index contributed by atoms with van der Waals surface area (Å²) in [5.41, 5.74) is 5.12. The number of aromatic amines is 1. The number of aromatic nitrogens is 2. The molecule has 0 amide bonds. The van der Waals surface area contributed by atoms with E-state index in [0.29, 0.717) is 13.2 Å². The minimum Gasteiger partial charge on any atom is -0.383 e. The third-order valence-electron chi connectivity index (χ3n) is 2.91. The van der Waals surface area contributed by atoms with Crippen LogP contribution in [0, 0.1) is 0 Å². The van der Waals surface area contributed by atoms with Gasteiger partial charge in [0.25, 0.3) is 5.56 Å². The van der Waals surface area contributed by atoms with Gasteiger partial charge >= 0.3 is 5.69 Å². The van der Waals surface area contributed by atoms with Crippen molar-refractivity contribution in [3.63, 3.8) is 0 Å². The molecule has 0 aromatic carbocycles. The number of nitrogen functional groups attached to an aromatic ring is 1. The number of hydrogen-bond acceptors (Lipinski definition) is 5. The lowest BCUT2D eigenvalue weighted by molar-refractivity contribution is 0.182. The summed E-state index contributed by atoms with van der Waals surface area (Å²) >= 11 is 0. The van der Waals surface area contributed by atoms with Gasteiger partial charge in [-0.15, -0.1) is 0 Å². The maximum absolute atomic E-state index is 11.8. The first-order valence-electron chi connectivity index (χ1n) is 6.43. The van der Waals surface area contributed by atoms with E-state index in [1.165, 1.54) is 4.57 Å². The molecule has 0 fully saturated rings. The lowest BCUT2D eigenvalue weighted by Crippen LogP contribution is -2.36. The Labute approximate surface area is 111 Å². The summed E-state index contributed by atoms with van der Waals surface area (Å²) in [6.45, 7) is 4.71. The van der Waals surface area contributed by atoms with Crippen molar-refractivity contribution < 1.29 is 4.74 Å². The quantitative estimate of drug-likeness (QED) is 0.664. The Kier molecular flexibility index (Phi) is 5.62. The standard InChI is InChI=1S/C12H22N4O3/c1-4-6-8(7-19-3)14-9-10(13)16(5-2)12(18)15-11(9)17/h8,14H,4-7,13H2,1-3H3,(H,15,17,18). The van der Waals surface area contributed by atoms with E-state index in [1.807, 2.05) is 6.92 Å². The van der Waals surface area contributed by atoms with Gasteiger partial charge in [-0.2, -0.15) is 0 Å². The van der Waals surface area contributed by atoms with Crippen LogP contribution in [0.1, 0.15) is 26.7 Å². The summed E-state index contributed by atoms with van der Waals surface area (Å²) < 4.78 is 6.42. The lowest BCUT2D eigenvalue weighted by atomic mass is 10.2. The average Bonchev–Trinajstić information content (AvgIpc) is 2.35. The van der Waals surface area contributed by atoms with E-state index in [0.717, 1.165) is 12.8 Å². The molecule has 0 aliphatic carbocycles. The van der Waals surface area contributed by atoms with Crippen molar-refractivity contribution in [3.05, 3.63) is 20.8 Å². The Bertz CT molecular complexity index is 515. The molecule has 0 bridgehead atoms. The predicted molar refractivity (Wildman–Crippen MR) is 75.6 cm³/mol. The molecular weight excluding hydrogens is 248 g/mol. The highest BCUT2D eigenvalue weighted by molar-refractivity contribution is 5.60. The molecule has 1 rings (SSSR count). The highest BCUT2D eigenvalue weighted by Gasteiger charge is 2.15. The van der Waals surface area contributed by atoms with Crippen LogP contribution >= 0.6 is 0 Å². The second-order valence-corrected chi connectivity index (χ2v) is 4.35. The van der Waals surface area contributed by atoms with Crippen LogP contribution in [0.25, 0.3) is 0 Å². The molecule has 0 aliphatic heterocycles. The van der Waals surface area contributed by atoms with Gasteiger partial charge in [0.1, 0.15) is 11.5 Å². The van der Waals surface area contributed by atoms with Crippen molar-refractivity contribution in [2.75, 3.05) is 24.8 Å². The number of anilines is 2. The van der Waals surface area contributed by atoms with Gasteiger partial charge in [0, 0.05) is 19.7 Å². The van der Waals surface area contributed by atoms with E-state index in [9.17, 15) is 9.59 Å². The first-order valence-corrected chi connectivity index (χ1v) is 6.43. The van der Waals surface area contributed by atoms with E-state index < -0.39 is 11.2 Å². The van der Waals surface area contributed by atoms with Gasteiger partial charge in [-0.1, -0.05) is 13.3 Å². The van der Waals surface area contributed by atoms with Gasteiger partial charge < -0.3 is 15.8 Å². The Morgan fingerprint density at radius 3 is 2.63 bits per heavy atom. The van der Waals surface area contributed by atoms with E-state index in [1.54, 1.807) is 14.0 Å². The largest absolute Gasteiger partial charge is 0.383 e. The summed E-state index contributed by atoms with van der Waals surface area (Å²) in [7, 11) is 1.60. The second-order valence-electron chi connectivity index (χ2n) is 4.35. The second kappa shape index (κ2) is 6.98. The van der Waals surface area contributed by atoms with Crippen LogP contribution in [-0.4, -0.2) is 29.3 Å². The Balaban J connectivity index is 3.12. The van der Waals surface area contributed by atoms with Crippen LogP contribution in [0.2, 0.25) is 0 Å². The zero-order chi connectivity index (χ0) is 14.4. The number of H-pyrrole nitrogens is 1. The lowest BCUT2D eigenvalue weighted by Gasteiger charge is -2.20. The molecule has 0 spiro atoms. The van der Waals surface area contributed by atoms with Crippen LogP contribution in [0.15, 0.2) is 9.59 Å². The molecule has 0 aliphatic rings. The molecule has 0 saturated carbocycles. The molecule has 7 nitrogen and oxygen atoms in total. The summed E-state index contributed by atoms with van der Waals surface area (Å²) in [6, 6.07) is -0.0128. The molecule has 0 radical (unpaired) electrons. The summed E-state index contributed by atoms with van der Waals surface area (Å²) in [5.74, 6) is 0.161. The smallest absolute Gasteiger partial charge is 0.330 e. The fourth-order valence-electron chi connectivity index (χ4n) is 1.99. The van der Waals surface area contributed by atoms with Crippen LogP contribution in [0.4, 0.5) is 11.5 Å². The van der Waals surface area contributed by atoms with Crippen molar-refractivity contribution in [1.29, 1.82) is 0 Å². The zero-order valence-electron chi connectivity index (χ0n) is 11.7. The molecular formula is C12H22N4O3. The van der Waals surface area contributed by atoms with E-state index in [4.69, 9.17) is 10.5 Å². The zero-order valence-corrected chi connectivity index (χ0v) is 11.7. The summed E-state index contributed by atoms with van der Waals surface area (Å²) in [5, 5.41) is 3.07. The fourth-order valence-corrected chi connectivity index (χ4v) is 1.99. The van der Waals surface area contributed by atoms with Gasteiger partial charge in [-0.3, -0.25) is 14.3 Å². The van der Waals surface area contributed by atoms with Crippen molar-refractivity contribution >= 4 is 11.5 Å². The highest BCUT2D eigenvalue weighted by atomic mass is 16.5. The fraction of sp³-hybridized carbons (Fsp3) is 0.667. The first kappa shape index (κ1) is 15.3. The molecule has 1 aromatic rings. The molecule has 108 valence electrons. The van der Waals surface area contributed by atoms with Gasteiger partial charge in [-0.25, -0.2) is 4.79 Å². The van der Waals surface area contributed by atoms with E-state index >= 15 is 0 Å². The van der Waals surface area contributed by atoms with Gasteiger partial charge in [0.2, 0.25) is 0 Å². The number of hydrogen-bond donors (Lipinski definition) is 3. The first-order chi connectivity index (χ1) is 9.04. The van der Waals surface area contributed by atoms with Crippen LogP contribution < -0.4 is 22.3 Å². The normalized spacial score (nSPS) is 12.4. The Hall–Kier alpha value is -1.76. The third kappa shape index (κ3) is 3.60. The number of nitrogens with one attached hydrogen (secondary N) is 2.